The molecule has 0 aliphatic rings. The molecule has 0 fully saturated rings. The molecule has 2 rings (SSSR count). The molecule has 0 radical (unpaired) electrons. The van der Waals surface area contributed by atoms with Gasteiger partial charge in [0.25, 0.3) is 0 Å². The molecule has 1 unspecified atom stereocenters. The summed E-state index contributed by atoms with van der Waals surface area (Å²) in [5.41, 5.74) is 7.77. The van der Waals surface area contributed by atoms with Crippen molar-refractivity contribution in [3.05, 3.63) is 46.8 Å². The molecule has 2 N–H and O–H groups in total. The Morgan fingerprint density at radius 3 is 2.59 bits per heavy atom. The Labute approximate surface area is 109 Å². The van der Waals surface area contributed by atoms with Crippen molar-refractivity contribution in [1.82, 2.24) is 9.97 Å². The summed E-state index contributed by atoms with van der Waals surface area (Å²) in [6.45, 7) is 1.95. The third-order valence-corrected chi connectivity index (χ3v) is 2.88. The van der Waals surface area contributed by atoms with Crippen molar-refractivity contribution in [2.75, 3.05) is 0 Å². The fourth-order valence-corrected chi connectivity index (χ4v) is 1.83. The third-order valence-electron chi connectivity index (χ3n) is 2.35. The van der Waals surface area contributed by atoms with E-state index in [1.807, 2.05) is 37.3 Å². The molecule has 0 aliphatic heterocycles. The number of nitrogens with zero attached hydrogens (tertiary/aromatic N) is 2. The zero-order valence-corrected chi connectivity index (χ0v) is 11.2. The van der Waals surface area contributed by atoms with Crippen molar-refractivity contribution in [2.45, 2.75) is 19.4 Å². The lowest BCUT2D eigenvalue weighted by atomic mass is 10.1. The Bertz CT molecular complexity index is 494. The normalized spacial score (nSPS) is 12.4. The molecule has 1 aromatic carbocycles. The maximum atomic E-state index is 5.75. The van der Waals surface area contributed by atoms with Crippen molar-refractivity contribution >= 4 is 15.9 Å². The molecule has 0 amide bonds. The maximum absolute atomic E-state index is 5.75. The Morgan fingerprint density at radius 1 is 1.24 bits per heavy atom. The fourth-order valence-electron chi connectivity index (χ4n) is 1.57. The summed E-state index contributed by atoms with van der Waals surface area (Å²) >= 11 is 3.42. The van der Waals surface area contributed by atoms with E-state index in [1.165, 1.54) is 0 Å². The van der Waals surface area contributed by atoms with Crippen LogP contribution in [0.1, 0.15) is 12.7 Å². The summed E-state index contributed by atoms with van der Waals surface area (Å²) in [4.78, 5) is 8.73. The van der Waals surface area contributed by atoms with E-state index < -0.39 is 0 Å². The highest BCUT2D eigenvalue weighted by molar-refractivity contribution is 9.10. The van der Waals surface area contributed by atoms with Gasteiger partial charge in [0.15, 0.2) is 0 Å². The summed E-state index contributed by atoms with van der Waals surface area (Å²) in [5, 5.41) is 0. The van der Waals surface area contributed by atoms with Gasteiger partial charge in [0.1, 0.15) is 5.82 Å². The van der Waals surface area contributed by atoms with Crippen LogP contribution in [0.4, 0.5) is 0 Å². The minimum absolute atomic E-state index is 0.0789. The molecule has 3 nitrogen and oxygen atoms in total. The predicted molar refractivity (Wildman–Crippen MR) is 72.5 cm³/mol. The van der Waals surface area contributed by atoms with Gasteiger partial charge < -0.3 is 5.73 Å². The number of hydrogen-bond donors (Lipinski definition) is 1. The maximum Gasteiger partial charge on any atom is 0.130 e. The van der Waals surface area contributed by atoms with E-state index in [9.17, 15) is 0 Å². The SMILES string of the molecule is CC(N)Cc1nccc(-c2ccc(Br)cc2)n1. The quantitative estimate of drug-likeness (QED) is 0.946. The number of benzene rings is 1. The molecule has 4 heteroatoms. The van der Waals surface area contributed by atoms with Gasteiger partial charge in [-0.05, 0) is 25.1 Å². The molecule has 0 saturated heterocycles. The first-order valence-electron chi connectivity index (χ1n) is 5.48. The van der Waals surface area contributed by atoms with Crippen LogP contribution in [0.5, 0.6) is 0 Å². The topological polar surface area (TPSA) is 51.8 Å². The van der Waals surface area contributed by atoms with Gasteiger partial charge in [0, 0.05) is 28.7 Å². The lowest BCUT2D eigenvalue weighted by Gasteiger charge is -2.06. The monoisotopic (exact) mass is 291 g/mol. The second kappa shape index (κ2) is 5.38. The first kappa shape index (κ1) is 12.2. The van der Waals surface area contributed by atoms with Gasteiger partial charge in [0.05, 0.1) is 5.69 Å². The van der Waals surface area contributed by atoms with E-state index in [1.54, 1.807) is 6.20 Å². The average Bonchev–Trinajstić information content (AvgIpc) is 2.29. The van der Waals surface area contributed by atoms with Crippen molar-refractivity contribution in [3.8, 4) is 11.3 Å². The van der Waals surface area contributed by atoms with Crippen molar-refractivity contribution in [1.29, 1.82) is 0 Å². The molecule has 2 aromatic rings. The van der Waals surface area contributed by atoms with Crippen molar-refractivity contribution < 1.29 is 0 Å². The summed E-state index contributed by atoms with van der Waals surface area (Å²) in [6.07, 6.45) is 2.48. The number of nitrogens with two attached hydrogens (primary N) is 1. The molecule has 1 atom stereocenters. The minimum atomic E-state index is 0.0789. The number of aromatic nitrogens is 2. The summed E-state index contributed by atoms with van der Waals surface area (Å²) in [7, 11) is 0. The van der Waals surface area contributed by atoms with Crippen LogP contribution < -0.4 is 5.73 Å². The molecule has 1 aromatic heterocycles. The van der Waals surface area contributed by atoms with Crippen molar-refractivity contribution in [2.24, 2.45) is 5.73 Å². The second-order valence-electron chi connectivity index (χ2n) is 4.05. The standard InChI is InChI=1S/C13H14BrN3/c1-9(15)8-13-16-7-6-12(17-13)10-2-4-11(14)5-3-10/h2-7,9H,8,15H2,1H3. The van der Waals surface area contributed by atoms with Crippen LogP contribution in [-0.2, 0) is 6.42 Å². The van der Waals surface area contributed by atoms with Crippen LogP contribution in [0.3, 0.4) is 0 Å². The van der Waals surface area contributed by atoms with Crippen LogP contribution in [0.15, 0.2) is 41.0 Å². The molecule has 0 bridgehead atoms. The van der Waals surface area contributed by atoms with E-state index in [-0.39, 0.29) is 6.04 Å². The first-order chi connectivity index (χ1) is 8.15. The highest BCUT2D eigenvalue weighted by Crippen LogP contribution is 2.19. The Hall–Kier alpha value is -1.26. The Kier molecular flexibility index (Phi) is 3.86. The van der Waals surface area contributed by atoms with Gasteiger partial charge in [-0.25, -0.2) is 9.97 Å². The molecule has 88 valence electrons. The lowest BCUT2D eigenvalue weighted by Crippen LogP contribution is -2.19. The molecule has 0 saturated carbocycles. The highest BCUT2D eigenvalue weighted by Gasteiger charge is 2.04. The van der Waals surface area contributed by atoms with E-state index in [0.29, 0.717) is 6.42 Å². The van der Waals surface area contributed by atoms with E-state index in [0.717, 1.165) is 21.6 Å². The zero-order chi connectivity index (χ0) is 12.3. The molecule has 17 heavy (non-hydrogen) atoms. The zero-order valence-electron chi connectivity index (χ0n) is 9.60. The average molecular weight is 292 g/mol. The van der Waals surface area contributed by atoms with E-state index in [4.69, 9.17) is 5.73 Å². The smallest absolute Gasteiger partial charge is 0.130 e. The Morgan fingerprint density at radius 2 is 1.94 bits per heavy atom. The summed E-state index contributed by atoms with van der Waals surface area (Å²) in [5.74, 6) is 0.792. The number of hydrogen-bond acceptors (Lipinski definition) is 3. The predicted octanol–water partition coefficient (Wildman–Crippen LogP) is 2.80. The largest absolute Gasteiger partial charge is 0.328 e. The van der Waals surface area contributed by atoms with Crippen LogP contribution in [0.25, 0.3) is 11.3 Å². The van der Waals surface area contributed by atoms with E-state index in [2.05, 4.69) is 25.9 Å². The van der Waals surface area contributed by atoms with Crippen molar-refractivity contribution in [3.63, 3.8) is 0 Å². The first-order valence-corrected chi connectivity index (χ1v) is 6.28. The van der Waals surface area contributed by atoms with Gasteiger partial charge in [-0.3, -0.25) is 0 Å². The van der Waals surface area contributed by atoms with Gasteiger partial charge in [-0.2, -0.15) is 0 Å². The number of rotatable bonds is 3. The van der Waals surface area contributed by atoms with Gasteiger partial charge in [-0.15, -0.1) is 0 Å². The van der Waals surface area contributed by atoms with Gasteiger partial charge >= 0.3 is 0 Å². The molecular formula is C13H14BrN3. The number of halogens is 1. The van der Waals surface area contributed by atoms with Crippen LogP contribution in [0, 0.1) is 0 Å². The molecule has 0 spiro atoms. The van der Waals surface area contributed by atoms with E-state index >= 15 is 0 Å². The highest BCUT2D eigenvalue weighted by atomic mass is 79.9. The van der Waals surface area contributed by atoms with Crippen LogP contribution in [0.2, 0.25) is 0 Å². The minimum Gasteiger partial charge on any atom is -0.328 e. The molecular weight excluding hydrogens is 278 g/mol. The lowest BCUT2D eigenvalue weighted by molar-refractivity contribution is 0.702. The Balaban J connectivity index is 2.29. The molecule has 1 heterocycles. The third kappa shape index (κ3) is 3.35. The molecule has 0 aliphatic carbocycles. The summed E-state index contributed by atoms with van der Waals surface area (Å²) in [6, 6.07) is 10.1. The van der Waals surface area contributed by atoms with Crippen LogP contribution >= 0.6 is 15.9 Å². The summed E-state index contributed by atoms with van der Waals surface area (Å²) < 4.78 is 1.06. The fraction of sp³-hybridized carbons (Fsp3) is 0.231. The van der Waals surface area contributed by atoms with Gasteiger partial charge in [0.2, 0.25) is 0 Å². The van der Waals surface area contributed by atoms with Gasteiger partial charge in [-0.1, -0.05) is 28.1 Å². The van der Waals surface area contributed by atoms with Crippen LogP contribution in [-0.4, -0.2) is 16.0 Å². The second-order valence-corrected chi connectivity index (χ2v) is 4.96.